The Balaban J connectivity index is 0. The molecule has 0 aromatic carbocycles. The van der Waals surface area contributed by atoms with Crippen LogP contribution in [0.3, 0.4) is 0 Å². The largest absolute Gasteiger partial charge is 1.00 e. The van der Waals surface area contributed by atoms with Crippen molar-refractivity contribution in [2.45, 2.75) is 0 Å². The Labute approximate surface area is 78.6 Å². The van der Waals surface area contributed by atoms with Gasteiger partial charge in [-0.05, 0) is 0 Å². The normalized spacial score (nSPS) is 17.2. The van der Waals surface area contributed by atoms with Crippen LogP contribution in [0.4, 0.5) is 0 Å². The molecule has 0 heterocycles. The van der Waals surface area contributed by atoms with E-state index in [9.17, 15) is 14.0 Å². The van der Waals surface area contributed by atoms with E-state index in [1.54, 1.807) is 0 Å². The van der Waals surface area contributed by atoms with Crippen LogP contribution in [0.5, 0.6) is 0 Å². The van der Waals surface area contributed by atoms with Gasteiger partial charge in [-0.2, -0.15) is 4.86 Å². The average Bonchev–Trinajstić information content (AvgIpc) is 1.14. The standard InChI is InChI=1S/H5NO6P2.Na/c2-8(3,4)1-9(5,6)7;/h(H5,1,2,3,4,5,6,7);/q;+1/p-1. The van der Waals surface area contributed by atoms with Crippen LogP contribution in [0.15, 0.2) is 0 Å². The fourth-order valence-corrected chi connectivity index (χ4v) is 1.48. The molecule has 4 N–H and O–H groups in total. The zero-order chi connectivity index (χ0) is 7.71. The molecule has 0 saturated heterocycles. The number of rotatable bonds is 2. The van der Waals surface area contributed by atoms with Crippen LogP contribution in [0.1, 0.15) is 0 Å². The number of hydrogen-bond donors (Lipinski definition) is 4. The van der Waals surface area contributed by atoms with Crippen molar-refractivity contribution >= 4 is 15.5 Å². The molecule has 0 fully saturated rings. The monoisotopic (exact) mass is 199 g/mol. The molecule has 0 saturated carbocycles. The smallest absolute Gasteiger partial charge is 0.766 e. The zero-order valence-corrected chi connectivity index (χ0v) is 8.75. The van der Waals surface area contributed by atoms with Crippen molar-refractivity contribution in [2.24, 2.45) is 0 Å². The van der Waals surface area contributed by atoms with Crippen molar-refractivity contribution in [1.82, 2.24) is 4.86 Å². The second kappa shape index (κ2) is 4.33. The van der Waals surface area contributed by atoms with Crippen LogP contribution >= 0.6 is 15.5 Å². The molecule has 0 rings (SSSR count). The summed E-state index contributed by atoms with van der Waals surface area (Å²) in [5.41, 5.74) is 0. The van der Waals surface area contributed by atoms with Crippen molar-refractivity contribution in [2.75, 3.05) is 0 Å². The molecule has 0 aliphatic heterocycles. The van der Waals surface area contributed by atoms with Gasteiger partial charge < -0.3 is 19.6 Å². The minimum atomic E-state index is -5.05. The van der Waals surface area contributed by atoms with Crippen LogP contribution in [-0.4, -0.2) is 14.7 Å². The van der Waals surface area contributed by atoms with Gasteiger partial charge in [-0.3, -0.25) is 4.57 Å². The third kappa shape index (κ3) is 12.0. The fourth-order valence-electron chi connectivity index (χ4n) is 0.165. The van der Waals surface area contributed by atoms with Gasteiger partial charge in [0.15, 0.2) is 0 Å². The Morgan fingerprint density at radius 3 is 1.50 bits per heavy atom. The molecule has 10 heavy (non-hydrogen) atoms. The maximum Gasteiger partial charge on any atom is 1.00 e. The summed E-state index contributed by atoms with van der Waals surface area (Å²) in [6.07, 6.45) is 0. The Hall–Kier alpha value is 1.26. The topological polar surface area (TPSA) is 130 Å². The van der Waals surface area contributed by atoms with E-state index in [-0.39, 0.29) is 29.6 Å². The van der Waals surface area contributed by atoms with Gasteiger partial charge in [0.25, 0.3) is 0 Å². The van der Waals surface area contributed by atoms with Crippen LogP contribution in [0.25, 0.3) is 0 Å². The first-order valence-corrected chi connectivity index (χ1v) is 4.78. The molecule has 0 aliphatic carbocycles. The maximum atomic E-state index is 9.70. The summed E-state index contributed by atoms with van der Waals surface area (Å²) in [4.78, 5) is 33.7. The minimum Gasteiger partial charge on any atom is -0.766 e. The molecular weight excluding hydrogens is 195 g/mol. The first-order valence-electron chi connectivity index (χ1n) is 1.59. The van der Waals surface area contributed by atoms with Crippen molar-refractivity contribution in [1.29, 1.82) is 0 Å². The molecule has 1 atom stereocenters. The predicted octanol–water partition coefficient (Wildman–Crippen LogP) is -4.87. The van der Waals surface area contributed by atoms with Crippen molar-refractivity contribution in [3.05, 3.63) is 0 Å². The Bertz CT molecular complexity index is 156. The van der Waals surface area contributed by atoms with E-state index < -0.39 is 15.5 Å². The molecule has 0 aliphatic rings. The number of hydrogen-bond acceptors (Lipinski definition) is 3. The van der Waals surface area contributed by atoms with Crippen molar-refractivity contribution in [3.63, 3.8) is 0 Å². The van der Waals surface area contributed by atoms with Crippen molar-refractivity contribution in [3.8, 4) is 0 Å². The van der Waals surface area contributed by atoms with Crippen LogP contribution in [0, 0.1) is 0 Å². The van der Waals surface area contributed by atoms with Gasteiger partial charge in [0, 0.05) is 0 Å². The van der Waals surface area contributed by atoms with Gasteiger partial charge in [-0.25, -0.2) is 4.57 Å². The molecule has 0 bridgehead atoms. The molecule has 56 valence electrons. The summed E-state index contributed by atoms with van der Waals surface area (Å²) in [6.45, 7) is 0. The van der Waals surface area contributed by atoms with Gasteiger partial charge in [-0.15, -0.1) is 0 Å². The number of nitrogens with one attached hydrogen (secondary N) is 1. The average molecular weight is 199 g/mol. The van der Waals surface area contributed by atoms with E-state index in [1.807, 2.05) is 0 Å². The van der Waals surface area contributed by atoms with Crippen LogP contribution in [0.2, 0.25) is 0 Å². The SMILES string of the molecule is O=P([O-])(O)NP(=O)(O)O.[Na+]. The first kappa shape index (κ1) is 13.8. The molecule has 0 spiro atoms. The van der Waals surface area contributed by atoms with Gasteiger partial charge >= 0.3 is 37.3 Å². The molecular formula is H4NNaO6P2. The molecule has 0 aromatic heterocycles. The van der Waals surface area contributed by atoms with Gasteiger partial charge in [0.1, 0.15) is 0 Å². The fraction of sp³-hybridized carbons (Fsp3) is 0. The van der Waals surface area contributed by atoms with E-state index in [0.29, 0.717) is 4.86 Å². The van der Waals surface area contributed by atoms with E-state index >= 15 is 0 Å². The third-order valence-electron chi connectivity index (χ3n) is 0.257. The Morgan fingerprint density at radius 2 is 1.50 bits per heavy atom. The van der Waals surface area contributed by atoms with E-state index in [0.717, 1.165) is 0 Å². The van der Waals surface area contributed by atoms with E-state index in [4.69, 9.17) is 14.7 Å². The summed E-state index contributed by atoms with van der Waals surface area (Å²) in [5, 5.41) is 0. The molecule has 10 heteroatoms. The van der Waals surface area contributed by atoms with Gasteiger partial charge in [-0.1, -0.05) is 0 Å². The van der Waals surface area contributed by atoms with Crippen LogP contribution in [-0.2, 0) is 9.13 Å². The molecule has 0 radical (unpaired) electrons. The molecule has 0 aromatic rings. The predicted molar refractivity (Wildman–Crippen MR) is 25.0 cm³/mol. The molecule has 1 unspecified atom stereocenters. The van der Waals surface area contributed by atoms with Gasteiger partial charge in [0.05, 0.1) is 0 Å². The minimum absolute atomic E-state index is 0. The maximum absolute atomic E-state index is 9.70. The summed E-state index contributed by atoms with van der Waals surface area (Å²) < 4.78 is 19.3. The Kier molecular flexibility index (Phi) is 5.98. The summed E-state index contributed by atoms with van der Waals surface area (Å²) in [7, 11) is -9.91. The van der Waals surface area contributed by atoms with Gasteiger partial charge in [0.2, 0.25) is 7.75 Å². The van der Waals surface area contributed by atoms with E-state index in [1.165, 1.54) is 0 Å². The molecule has 0 amide bonds. The zero-order valence-electron chi connectivity index (χ0n) is 4.96. The molecule has 7 nitrogen and oxygen atoms in total. The quantitative estimate of drug-likeness (QED) is 0.259. The second-order valence-electron chi connectivity index (χ2n) is 1.16. The first-order chi connectivity index (χ1) is 3.71. The summed E-state index contributed by atoms with van der Waals surface area (Å²) in [5.74, 6) is 0. The summed E-state index contributed by atoms with van der Waals surface area (Å²) in [6, 6.07) is 0. The third-order valence-corrected chi connectivity index (χ3v) is 2.31. The van der Waals surface area contributed by atoms with Crippen LogP contribution < -0.4 is 39.3 Å². The second-order valence-corrected chi connectivity index (χ2v) is 4.09. The Morgan fingerprint density at radius 1 is 1.20 bits per heavy atom. The summed E-state index contributed by atoms with van der Waals surface area (Å²) >= 11 is 0. The van der Waals surface area contributed by atoms with E-state index in [2.05, 4.69) is 0 Å². The van der Waals surface area contributed by atoms with Crippen molar-refractivity contribution < 1.29 is 58.3 Å².